The van der Waals surface area contributed by atoms with Gasteiger partial charge in [-0.1, -0.05) is 13.1 Å². The van der Waals surface area contributed by atoms with E-state index in [-0.39, 0.29) is 0 Å². The first kappa shape index (κ1) is 11.6. The fraction of sp³-hybridized carbons (Fsp3) is 1.00. The van der Waals surface area contributed by atoms with E-state index in [0.717, 1.165) is 6.04 Å². The van der Waals surface area contributed by atoms with Gasteiger partial charge in [-0.3, -0.25) is 0 Å². The third-order valence-corrected chi connectivity index (χ3v) is 6.03. The second-order valence-electron chi connectivity index (χ2n) is 2.83. The van der Waals surface area contributed by atoms with Crippen LogP contribution in [0.5, 0.6) is 0 Å². The van der Waals surface area contributed by atoms with Crippen molar-refractivity contribution in [2.45, 2.75) is 25.2 Å². The molecule has 0 nitrogen and oxygen atoms in total. The Morgan fingerprint density at radius 3 is 1.40 bits per heavy atom. The Kier molecular flexibility index (Phi) is 4.65. The summed E-state index contributed by atoms with van der Waals surface area (Å²) in [6, 6.07) is -0.805. The Bertz CT molecular complexity index is 88.8. The van der Waals surface area contributed by atoms with Crippen molar-refractivity contribution in [1.29, 1.82) is 0 Å². The summed E-state index contributed by atoms with van der Waals surface area (Å²) in [6.07, 6.45) is 0. The highest BCUT2D eigenvalue weighted by Crippen LogP contribution is 2.30. The third-order valence-electron chi connectivity index (χ3n) is 1.00. The maximum atomic E-state index is 6.02. The molecule has 0 radical (unpaired) electrons. The summed E-state index contributed by atoms with van der Waals surface area (Å²) < 4.78 is 0. The standard InChI is InChI=1S/C4H10Cl4Si2/c1-9(2,5)3-4-10(6,7)8/h3-4H2,1-2H3. The molecule has 0 N–H and O–H groups in total. The van der Waals surface area contributed by atoms with Gasteiger partial charge in [0.05, 0.1) is 0 Å². The number of hydrogen-bond acceptors (Lipinski definition) is 0. The van der Waals surface area contributed by atoms with Gasteiger partial charge in [-0.15, -0.1) is 33.2 Å². The van der Waals surface area contributed by atoms with Crippen LogP contribution in [0.4, 0.5) is 0 Å². The first-order valence-electron chi connectivity index (χ1n) is 2.96. The van der Waals surface area contributed by atoms with Gasteiger partial charge in [-0.2, -0.15) is 11.1 Å². The monoisotopic (exact) mass is 254 g/mol. The molecule has 62 valence electrons. The van der Waals surface area contributed by atoms with Crippen LogP contribution in [0.3, 0.4) is 0 Å². The highest BCUT2D eigenvalue weighted by molar-refractivity contribution is 7.64. The summed E-state index contributed by atoms with van der Waals surface area (Å²) in [4.78, 5) is 0. The average Bonchev–Trinajstić information content (AvgIpc) is 1.57. The number of rotatable bonds is 3. The smallest absolute Gasteiger partial charge is 0.168 e. The van der Waals surface area contributed by atoms with Crippen LogP contribution < -0.4 is 0 Å². The van der Waals surface area contributed by atoms with E-state index in [9.17, 15) is 0 Å². The molecule has 0 bridgehead atoms. The molecule has 0 fully saturated rings. The molecule has 10 heavy (non-hydrogen) atoms. The van der Waals surface area contributed by atoms with Crippen molar-refractivity contribution in [2.75, 3.05) is 0 Å². The largest absolute Gasteiger partial charge is 0.341 e. The lowest BCUT2D eigenvalue weighted by atomic mass is 10.9. The average molecular weight is 256 g/mol. The van der Waals surface area contributed by atoms with Gasteiger partial charge < -0.3 is 0 Å². The maximum Gasteiger partial charge on any atom is 0.341 e. The molecule has 6 heteroatoms. The summed E-state index contributed by atoms with van der Waals surface area (Å²) in [7, 11) is -1.51. The summed E-state index contributed by atoms with van der Waals surface area (Å²) in [5.41, 5.74) is 0. The molecule has 0 aliphatic rings. The summed E-state index contributed by atoms with van der Waals surface area (Å²) in [6.45, 7) is 4.11. The number of halogens is 4. The molecular formula is C4H10Cl4Si2. The van der Waals surface area contributed by atoms with E-state index in [0.29, 0.717) is 6.04 Å². The number of hydrogen-bond donors (Lipinski definition) is 0. The van der Waals surface area contributed by atoms with E-state index in [1.807, 2.05) is 0 Å². The lowest BCUT2D eigenvalue weighted by molar-refractivity contribution is 1.37. The van der Waals surface area contributed by atoms with Gasteiger partial charge in [0.25, 0.3) is 0 Å². The van der Waals surface area contributed by atoms with Crippen LogP contribution in [0.25, 0.3) is 0 Å². The molecule has 0 rings (SSSR count). The fourth-order valence-electron chi connectivity index (χ4n) is 0.439. The Hall–Kier alpha value is 1.59. The topological polar surface area (TPSA) is 0 Å². The molecular weight excluding hydrogens is 246 g/mol. The van der Waals surface area contributed by atoms with Crippen LogP contribution in [0.1, 0.15) is 0 Å². The molecule has 0 aromatic rings. The van der Waals surface area contributed by atoms with Gasteiger partial charge >= 0.3 is 6.00 Å². The van der Waals surface area contributed by atoms with Crippen LogP contribution in [0, 0.1) is 0 Å². The molecule has 0 atom stereocenters. The van der Waals surface area contributed by atoms with Crippen molar-refractivity contribution >= 4 is 57.7 Å². The first-order chi connectivity index (χ1) is 4.21. The van der Waals surface area contributed by atoms with Crippen molar-refractivity contribution in [2.24, 2.45) is 0 Å². The lowest BCUT2D eigenvalue weighted by Crippen LogP contribution is -2.20. The summed E-state index contributed by atoms with van der Waals surface area (Å²) in [5.74, 6) is 0. The van der Waals surface area contributed by atoms with E-state index in [1.54, 1.807) is 0 Å². The zero-order chi connectivity index (χ0) is 8.41. The fourth-order valence-corrected chi connectivity index (χ4v) is 7.35. The molecule has 0 aromatic carbocycles. The zero-order valence-electron chi connectivity index (χ0n) is 5.93. The highest BCUT2D eigenvalue weighted by Gasteiger charge is 2.29. The van der Waals surface area contributed by atoms with Crippen molar-refractivity contribution in [1.82, 2.24) is 0 Å². The summed E-state index contributed by atoms with van der Waals surface area (Å²) in [5, 5.41) is 0. The minimum atomic E-state index is -2.40. The van der Waals surface area contributed by atoms with E-state index in [1.165, 1.54) is 0 Å². The van der Waals surface area contributed by atoms with Crippen molar-refractivity contribution in [3.8, 4) is 0 Å². The quantitative estimate of drug-likeness (QED) is 0.527. The molecule has 0 heterocycles. The Balaban J connectivity index is 3.56. The van der Waals surface area contributed by atoms with Gasteiger partial charge in [0.2, 0.25) is 0 Å². The van der Waals surface area contributed by atoms with Crippen LogP contribution in [-0.4, -0.2) is 13.4 Å². The third kappa shape index (κ3) is 9.59. The van der Waals surface area contributed by atoms with Crippen LogP contribution >= 0.6 is 44.3 Å². The van der Waals surface area contributed by atoms with Crippen LogP contribution in [-0.2, 0) is 0 Å². The zero-order valence-corrected chi connectivity index (χ0v) is 10.9. The van der Waals surface area contributed by atoms with Crippen molar-refractivity contribution < 1.29 is 0 Å². The molecule has 0 unspecified atom stereocenters. The minimum Gasteiger partial charge on any atom is -0.168 e. The van der Waals surface area contributed by atoms with E-state index in [4.69, 9.17) is 44.3 Å². The van der Waals surface area contributed by atoms with E-state index >= 15 is 0 Å². The Labute approximate surface area is 82.6 Å². The second-order valence-corrected chi connectivity index (χ2v) is 19.1. The van der Waals surface area contributed by atoms with Crippen LogP contribution in [0.15, 0.2) is 0 Å². The molecule has 0 saturated heterocycles. The second kappa shape index (κ2) is 4.01. The minimum absolute atomic E-state index is 0.695. The molecule has 0 aliphatic carbocycles. The highest BCUT2D eigenvalue weighted by atomic mass is 35.8. The predicted molar refractivity (Wildman–Crippen MR) is 56.3 cm³/mol. The lowest BCUT2D eigenvalue weighted by Gasteiger charge is -2.14. The normalized spacial score (nSPS) is 13.8. The SMILES string of the molecule is C[Si](C)(Cl)CC[Si](Cl)(Cl)Cl. The molecule has 0 spiro atoms. The van der Waals surface area contributed by atoms with E-state index < -0.39 is 13.4 Å². The Morgan fingerprint density at radius 2 is 1.30 bits per heavy atom. The molecule has 0 aromatic heterocycles. The van der Waals surface area contributed by atoms with Crippen LogP contribution in [0.2, 0.25) is 25.2 Å². The van der Waals surface area contributed by atoms with E-state index in [2.05, 4.69) is 13.1 Å². The summed E-state index contributed by atoms with van der Waals surface area (Å²) >= 11 is 23.0. The van der Waals surface area contributed by atoms with Crippen molar-refractivity contribution in [3.63, 3.8) is 0 Å². The first-order valence-corrected chi connectivity index (χ1v) is 12.4. The molecule has 0 amide bonds. The maximum absolute atomic E-state index is 6.02. The molecule has 0 aliphatic heterocycles. The van der Waals surface area contributed by atoms with Crippen molar-refractivity contribution in [3.05, 3.63) is 0 Å². The van der Waals surface area contributed by atoms with Gasteiger partial charge in [-0.25, -0.2) is 0 Å². The van der Waals surface area contributed by atoms with Gasteiger partial charge in [0, 0.05) is 0 Å². The Morgan fingerprint density at radius 1 is 0.900 bits per heavy atom. The predicted octanol–water partition coefficient (Wildman–Crippen LogP) is 4.09. The molecule has 0 saturated carbocycles. The van der Waals surface area contributed by atoms with Gasteiger partial charge in [0.15, 0.2) is 0 Å². The van der Waals surface area contributed by atoms with Gasteiger partial charge in [0.1, 0.15) is 7.38 Å². The van der Waals surface area contributed by atoms with Gasteiger partial charge in [-0.05, 0) is 12.1 Å².